The van der Waals surface area contributed by atoms with E-state index >= 15 is 0 Å². The van der Waals surface area contributed by atoms with Gasteiger partial charge in [-0.05, 0) is 32.9 Å². The number of aromatic nitrogens is 2. The van der Waals surface area contributed by atoms with Gasteiger partial charge >= 0.3 is 0 Å². The Bertz CT molecular complexity index is 639. The molecule has 0 amide bonds. The van der Waals surface area contributed by atoms with Gasteiger partial charge in [-0.25, -0.2) is 4.39 Å². The zero-order valence-electron chi connectivity index (χ0n) is 12.6. The number of hydrogen-bond donors (Lipinski definition) is 1. The number of rotatable bonds is 4. The van der Waals surface area contributed by atoms with Crippen LogP contribution in [-0.4, -0.2) is 22.2 Å². The molecule has 0 spiro atoms. The quantitative estimate of drug-likeness (QED) is 0.940. The molecule has 21 heavy (non-hydrogen) atoms. The van der Waals surface area contributed by atoms with Crippen LogP contribution in [0.4, 0.5) is 4.39 Å². The van der Waals surface area contributed by atoms with Crippen molar-refractivity contribution in [1.82, 2.24) is 9.97 Å². The average molecular weight is 290 g/mol. The van der Waals surface area contributed by atoms with Gasteiger partial charge in [0.1, 0.15) is 17.2 Å². The highest BCUT2D eigenvalue weighted by atomic mass is 19.1. The Balaban J connectivity index is 2.34. The number of aryl methyl sites for hydroxylation is 1. The second-order valence-electron chi connectivity index (χ2n) is 5.36. The highest BCUT2D eigenvalue weighted by Crippen LogP contribution is 2.29. The normalized spacial score (nSPS) is 13.8. The largest absolute Gasteiger partial charge is 0.496 e. The highest BCUT2D eigenvalue weighted by molar-refractivity contribution is 5.41. The van der Waals surface area contributed by atoms with E-state index in [4.69, 9.17) is 4.74 Å². The fourth-order valence-electron chi connectivity index (χ4n) is 2.36. The summed E-state index contributed by atoms with van der Waals surface area (Å²) in [7, 11) is 1.61. The van der Waals surface area contributed by atoms with E-state index in [1.807, 2.05) is 13.8 Å². The van der Waals surface area contributed by atoms with Gasteiger partial charge in [0.05, 0.1) is 24.7 Å². The first-order valence-corrected chi connectivity index (χ1v) is 6.68. The summed E-state index contributed by atoms with van der Waals surface area (Å²) < 4.78 is 18.3. The standard InChI is InChI=1S/C16H19FN2O2/c1-10-8-18-13(11(2)15(10)21-4)7-16(3,20)14-6-5-12(17)9-19-14/h5-6,8-9,20H,7H2,1-4H3. The van der Waals surface area contributed by atoms with E-state index in [-0.39, 0.29) is 6.42 Å². The molecule has 112 valence electrons. The lowest BCUT2D eigenvalue weighted by Crippen LogP contribution is -2.26. The van der Waals surface area contributed by atoms with Crippen molar-refractivity contribution in [3.63, 3.8) is 0 Å². The minimum Gasteiger partial charge on any atom is -0.496 e. The summed E-state index contributed by atoms with van der Waals surface area (Å²) in [4.78, 5) is 8.32. The number of nitrogens with zero attached hydrogens (tertiary/aromatic N) is 2. The highest BCUT2D eigenvalue weighted by Gasteiger charge is 2.27. The number of hydrogen-bond acceptors (Lipinski definition) is 4. The maximum atomic E-state index is 12.9. The zero-order chi connectivity index (χ0) is 15.6. The van der Waals surface area contributed by atoms with Crippen molar-refractivity contribution in [3.8, 4) is 5.75 Å². The maximum absolute atomic E-state index is 12.9. The van der Waals surface area contributed by atoms with Crippen molar-refractivity contribution >= 4 is 0 Å². The number of ether oxygens (including phenoxy) is 1. The minimum atomic E-state index is -1.23. The SMILES string of the molecule is COc1c(C)cnc(CC(C)(O)c2ccc(F)cn2)c1C. The molecule has 1 N–H and O–H groups in total. The third-order valence-corrected chi connectivity index (χ3v) is 3.54. The average Bonchev–Trinajstić information content (AvgIpc) is 2.43. The molecule has 4 nitrogen and oxygen atoms in total. The van der Waals surface area contributed by atoms with Crippen LogP contribution in [0.5, 0.6) is 5.75 Å². The predicted molar refractivity (Wildman–Crippen MR) is 77.7 cm³/mol. The van der Waals surface area contributed by atoms with E-state index in [2.05, 4.69) is 9.97 Å². The van der Waals surface area contributed by atoms with Gasteiger partial charge in [0.15, 0.2) is 0 Å². The van der Waals surface area contributed by atoms with Crippen molar-refractivity contribution < 1.29 is 14.2 Å². The van der Waals surface area contributed by atoms with Crippen LogP contribution < -0.4 is 4.74 Å². The summed E-state index contributed by atoms with van der Waals surface area (Å²) in [5.41, 5.74) is 1.74. The summed E-state index contributed by atoms with van der Waals surface area (Å²) in [5.74, 6) is 0.337. The van der Waals surface area contributed by atoms with Crippen LogP contribution in [0.1, 0.15) is 29.4 Å². The van der Waals surface area contributed by atoms with Gasteiger partial charge in [-0.3, -0.25) is 9.97 Å². The molecule has 0 aliphatic heterocycles. The molecule has 0 fully saturated rings. The Labute approximate surface area is 123 Å². The molecule has 0 aliphatic carbocycles. The minimum absolute atomic E-state index is 0.272. The van der Waals surface area contributed by atoms with Crippen LogP contribution in [0.3, 0.4) is 0 Å². The smallest absolute Gasteiger partial charge is 0.141 e. The van der Waals surface area contributed by atoms with Crippen LogP contribution in [0, 0.1) is 19.7 Å². The Morgan fingerprint density at radius 2 is 1.95 bits per heavy atom. The predicted octanol–water partition coefficient (Wildman–Crippen LogP) is 2.69. The maximum Gasteiger partial charge on any atom is 0.141 e. The molecular weight excluding hydrogens is 271 g/mol. The molecule has 2 aromatic heterocycles. The van der Waals surface area contributed by atoms with Crippen LogP contribution in [0.25, 0.3) is 0 Å². The molecule has 0 bridgehead atoms. The summed E-state index contributed by atoms with van der Waals surface area (Å²) in [6.07, 6.45) is 3.09. The molecule has 0 radical (unpaired) electrons. The molecule has 0 saturated carbocycles. The Morgan fingerprint density at radius 3 is 2.52 bits per heavy atom. The van der Waals surface area contributed by atoms with E-state index in [1.54, 1.807) is 20.2 Å². The molecule has 5 heteroatoms. The lowest BCUT2D eigenvalue weighted by molar-refractivity contribution is 0.0516. The van der Waals surface area contributed by atoms with Gasteiger partial charge in [0, 0.05) is 23.7 Å². The van der Waals surface area contributed by atoms with Crippen molar-refractivity contribution in [1.29, 1.82) is 0 Å². The molecule has 1 atom stereocenters. The second kappa shape index (κ2) is 5.77. The van der Waals surface area contributed by atoms with Gasteiger partial charge < -0.3 is 9.84 Å². The first kappa shape index (κ1) is 15.4. The van der Waals surface area contributed by atoms with Gasteiger partial charge in [-0.2, -0.15) is 0 Å². The molecule has 1 unspecified atom stereocenters. The zero-order valence-corrected chi connectivity index (χ0v) is 12.6. The van der Waals surface area contributed by atoms with E-state index in [9.17, 15) is 9.50 Å². The topological polar surface area (TPSA) is 55.2 Å². The van der Waals surface area contributed by atoms with Gasteiger partial charge in [-0.1, -0.05) is 0 Å². The molecule has 0 saturated heterocycles. The molecule has 2 heterocycles. The van der Waals surface area contributed by atoms with Crippen LogP contribution >= 0.6 is 0 Å². The van der Waals surface area contributed by atoms with Gasteiger partial charge in [-0.15, -0.1) is 0 Å². The summed E-state index contributed by atoms with van der Waals surface area (Å²) in [6, 6.07) is 2.77. The summed E-state index contributed by atoms with van der Waals surface area (Å²) >= 11 is 0. The van der Waals surface area contributed by atoms with Crippen molar-refractivity contribution in [2.75, 3.05) is 7.11 Å². The Hall–Kier alpha value is -2.01. The lowest BCUT2D eigenvalue weighted by Gasteiger charge is -2.24. The van der Waals surface area contributed by atoms with Crippen LogP contribution in [-0.2, 0) is 12.0 Å². The van der Waals surface area contributed by atoms with Crippen molar-refractivity contribution in [2.24, 2.45) is 0 Å². The number of halogens is 1. The molecule has 2 rings (SSSR count). The van der Waals surface area contributed by atoms with E-state index in [1.165, 1.54) is 12.1 Å². The third-order valence-electron chi connectivity index (χ3n) is 3.54. The number of methoxy groups -OCH3 is 1. The first-order chi connectivity index (χ1) is 9.85. The first-order valence-electron chi connectivity index (χ1n) is 6.68. The van der Waals surface area contributed by atoms with E-state index < -0.39 is 11.4 Å². The summed E-state index contributed by atoms with van der Waals surface area (Å²) in [6.45, 7) is 5.46. The molecule has 0 aromatic carbocycles. The fraction of sp³-hybridized carbons (Fsp3) is 0.375. The molecule has 2 aromatic rings. The van der Waals surface area contributed by atoms with E-state index in [0.29, 0.717) is 5.69 Å². The van der Waals surface area contributed by atoms with Crippen molar-refractivity contribution in [3.05, 3.63) is 52.9 Å². The van der Waals surface area contributed by atoms with Gasteiger partial charge in [0.25, 0.3) is 0 Å². The van der Waals surface area contributed by atoms with Gasteiger partial charge in [0.2, 0.25) is 0 Å². The number of pyridine rings is 2. The molecule has 0 aliphatic rings. The lowest BCUT2D eigenvalue weighted by atomic mass is 9.93. The Kier molecular flexibility index (Phi) is 4.23. The summed E-state index contributed by atoms with van der Waals surface area (Å²) in [5, 5.41) is 10.6. The van der Waals surface area contributed by atoms with Crippen LogP contribution in [0.15, 0.2) is 24.5 Å². The Morgan fingerprint density at radius 1 is 1.24 bits per heavy atom. The second-order valence-corrected chi connectivity index (χ2v) is 5.36. The third kappa shape index (κ3) is 3.19. The molecular formula is C16H19FN2O2. The van der Waals surface area contributed by atoms with Crippen molar-refractivity contribution in [2.45, 2.75) is 32.8 Å². The fourth-order valence-corrected chi connectivity index (χ4v) is 2.36. The monoisotopic (exact) mass is 290 g/mol. The number of aliphatic hydroxyl groups is 1. The van der Waals surface area contributed by atoms with Crippen LogP contribution in [0.2, 0.25) is 0 Å². The van der Waals surface area contributed by atoms with E-state index in [0.717, 1.165) is 28.8 Å².